The van der Waals surface area contributed by atoms with E-state index in [1.807, 2.05) is 0 Å². The summed E-state index contributed by atoms with van der Waals surface area (Å²) in [4.78, 5) is 0. The van der Waals surface area contributed by atoms with E-state index < -0.39 is 7.12 Å². The molecule has 69 valence electrons. The molecule has 0 spiro atoms. The van der Waals surface area contributed by atoms with Crippen LogP contribution in [0.1, 0.15) is 0 Å². The fourth-order valence-corrected chi connectivity index (χ4v) is 0.761. The van der Waals surface area contributed by atoms with Crippen LogP contribution >= 0.6 is 11.6 Å². The lowest BCUT2D eigenvalue weighted by atomic mass is 9.81. The van der Waals surface area contributed by atoms with Crippen LogP contribution in [0.15, 0.2) is 24.3 Å². The van der Waals surface area contributed by atoms with E-state index in [0.29, 0.717) is 10.5 Å². The topological polar surface area (TPSA) is 80.9 Å². The highest BCUT2D eigenvalue weighted by Gasteiger charge is 2.08. The first-order valence-electron chi connectivity index (χ1n) is 3.33. The molecule has 13 heavy (non-hydrogen) atoms. The first-order valence-corrected chi connectivity index (χ1v) is 3.71. The largest absolute Gasteiger partial charge is 0.488 e. The molecule has 0 unspecified atom stereocenters. The predicted octanol–water partition coefficient (Wildman–Crippen LogP) is -1.48. The van der Waals surface area contributed by atoms with E-state index in [9.17, 15) is 0 Å². The van der Waals surface area contributed by atoms with E-state index in [4.69, 9.17) is 31.7 Å². The van der Waals surface area contributed by atoms with Gasteiger partial charge in [-0.3, -0.25) is 0 Å². The molecule has 1 aromatic rings. The zero-order valence-electron chi connectivity index (χ0n) is 6.63. The Morgan fingerprint density at radius 2 is 1.46 bits per heavy atom. The molecular weight excluding hydrogens is 193 g/mol. The fourth-order valence-electron chi connectivity index (χ4n) is 0.635. The minimum absolute atomic E-state index is 0. The van der Waals surface area contributed by atoms with E-state index in [2.05, 4.69) is 0 Å². The molecule has 0 heterocycles. The molecule has 0 aromatic heterocycles. The summed E-state index contributed by atoms with van der Waals surface area (Å²) >= 11 is 5.55. The molecule has 0 amide bonds. The van der Waals surface area contributed by atoms with Crippen molar-refractivity contribution >= 4 is 31.9 Å². The van der Waals surface area contributed by atoms with Crippen LogP contribution in [0.25, 0.3) is 0 Å². The van der Waals surface area contributed by atoms with Crippen molar-refractivity contribution in [1.29, 1.82) is 0 Å². The number of hydrogen-bond donors (Lipinski definition) is 4. The van der Waals surface area contributed by atoms with E-state index in [-0.39, 0.29) is 7.69 Å². The maximum absolute atomic E-state index is 8.63. The molecule has 0 aliphatic heterocycles. The summed E-state index contributed by atoms with van der Waals surface area (Å²) in [5.41, 5.74) is 0.449. The Kier molecular flexibility index (Phi) is 6.66. The SMILES string of the molecule is OB(O)c1ccc(Cl)cc1.O[B]O. The highest BCUT2D eigenvalue weighted by molar-refractivity contribution is 6.58. The molecule has 1 aromatic carbocycles. The first kappa shape index (κ1) is 12.5. The van der Waals surface area contributed by atoms with Crippen LogP contribution in [0, 0.1) is 0 Å². The molecule has 4 nitrogen and oxygen atoms in total. The van der Waals surface area contributed by atoms with Gasteiger partial charge in [-0.25, -0.2) is 0 Å². The van der Waals surface area contributed by atoms with Crippen LogP contribution in [0.5, 0.6) is 0 Å². The van der Waals surface area contributed by atoms with Gasteiger partial charge in [-0.1, -0.05) is 23.7 Å². The molecule has 1 radical (unpaired) electrons. The van der Waals surface area contributed by atoms with Crippen molar-refractivity contribution in [3.63, 3.8) is 0 Å². The monoisotopic (exact) mass is 201 g/mol. The maximum Gasteiger partial charge on any atom is 0.488 e. The van der Waals surface area contributed by atoms with Gasteiger partial charge in [0.05, 0.1) is 0 Å². The molecule has 7 heteroatoms. The Balaban J connectivity index is 0.000000424. The molecule has 1 rings (SSSR count). The summed E-state index contributed by atoms with van der Waals surface area (Å²) in [7, 11) is -1.41. The van der Waals surface area contributed by atoms with Gasteiger partial charge in [0.15, 0.2) is 0 Å². The van der Waals surface area contributed by atoms with Crippen LogP contribution < -0.4 is 5.46 Å². The minimum atomic E-state index is -1.41. The average Bonchev–Trinajstić information content (AvgIpc) is 2.06. The molecule has 4 N–H and O–H groups in total. The summed E-state index contributed by atoms with van der Waals surface area (Å²) < 4.78 is 0. The lowest BCUT2D eigenvalue weighted by Gasteiger charge is -1.96. The summed E-state index contributed by atoms with van der Waals surface area (Å²) in [6.07, 6.45) is 0. The number of benzene rings is 1. The molecule has 0 bridgehead atoms. The zero-order valence-corrected chi connectivity index (χ0v) is 7.39. The van der Waals surface area contributed by atoms with Crippen molar-refractivity contribution in [2.75, 3.05) is 0 Å². The van der Waals surface area contributed by atoms with Crippen molar-refractivity contribution in [3.8, 4) is 0 Å². The van der Waals surface area contributed by atoms with Gasteiger partial charge in [0.1, 0.15) is 0 Å². The van der Waals surface area contributed by atoms with Crippen LogP contribution in [-0.4, -0.2) is 34.9 Å². The standard InChI is InChI=1S/C6H6BClO2.BH2O2/c8-6-3-1-5(2-4-6)7(9)10;2-1-3/h1-4,9-10H;2-3H. The van der Waals surface area contributed by atoms with Gasteiger partial charge in [-0.15, -0.1) is 0 Å². The second-order valence-corrected chi connectivity index (χ2v) is 2.48. The van der Waals surface area contributed by atoms with E-state index in [0.717, 1.165) is 0 Å². The second-order valence-electron chi connectivity index (χ2n) is 2.04. The molecule has 0 fully saturated rings. The number of halogens is 1. The van der Waals surface area contributed by atoms with Crippen molar-refractivity contribution < 1.29 is 20.1 Å². The molecule has 0 aliphatic rings. The Hall–Kier alpha value is -0.520. The van der Waals surface area contributed by atoms with Crippen molar-refractivity contribution in [2.24, 2.45) is 0 Å². The Morgan fingerprint density at radius 1 is 1.08 bits per heavy atom. The molecule has 0 saturated heterocycles. The molecule has 0 aliphatic carbocycles. The Labute approximate surface area is 81.9 Å². The van der Waals surface area contributed by atoms with Gasteiger partial charge < -0.3 is 20.1 Å². The highest BCUT2D eigenvalue weighted by atomic mass is 35.5. The second kappa shape index (κ2) is 6.94. The Bertz CT molecular complexity index is 229. The predicted molar refractivity (Wildman–Crippen MR) is 51.5 cm³/mol. The maximum atomic E-state index is 8.63. The van der Waals surface area contributed by atoms with E-state index in [1.54, 1.807) is 24.3 Å². The molecule has 0 atom stereocenters. The van der Waals surface area contributed by atoms with Crippen LogP contribution in [0.4, 0.5) is 0 Å². The number of rotatable bonds is 1. The van der Waals surface area contributed by atoms with Gasteiger partial charge in [0.2, 0.25) is 0 Å². The third kappa shape index (κ3) is 5.68. The number of hydrogen-bond acceptors (Lipinski definition) is 4. The molecule has 0 saturated carbocycles. The van der Waals surface area contributed by atoms with Crippen LogP contribution in [-0.2, 0) is 0 Å². The summed E-state index contributed by atoms with van der Waals surface area (Å²) in [5, 5.41) is 31.8. The van der Waals surface area contributed by atoms with Crippen molar-refractivity contribution in [1.82, 2.24) is 0 Å². The van der Waals surface area contributed by atoms with E-state index >= 15 is 0 Å². The van der Waals surface area contributed by atoms with Crippen LogP contribution in [0.2, 0.25) is 5.02 Å². The third-order valence-electron chi connectivity index (χ3n) is 1.17. The van der Waals surface area contributed by atoms with Gasteiger partial charge in [-0.05, 0) is 17.6 Å². The zero-order chi connectivity index (χ0) is 10.3. The van der Waals surface area contributed by atoms with Crippen LogP contribution in [0.3, 0.4) is 0 Å². The third-order valence-corrected chi connectivity index (χ3v) is 1.42. The normalized spacial score (nSPS) is 8.38. The fraction of sp³-hybridized carbons (Fsp3) is 0. The summed E-state index contributed by atoms with van der Waals surface area (Å²) in [5.74, 6) is 0. The van der Waals surface area contributed by atoms with Gasteiger partial charge in [0, 0.05) is 5.02 Å². The lowest BCUT2D eigenvalue weighted by molar-refractivity contribution is 0.425. The molecular formula is C6H8B2ClO4. The van der Waals surface area contributed by atoms with Crippen molar-refractivity contribution in [2.45, 2.75) is 0 Å². The minimum Gasteiger partial charge on any atom is -0.429 e. The smallest absolute Gasteiger partial charge is 0.429 e. The average molecular weight is 201 g/mol. The quantitative estimate of drug-likeness (QED) is 0.418. The lowest BCUT2D eigenvalue weighted by Crippen LogP contribution is -2.29. The van der Waals surface area contributed by atoms with Gasteiger partial charge in [-0.2, -0.15) is 0 Å². The van der Waals surface area contributed by atoms with Gasteiger partial charge >= 0.3 is 14.8 Å². The summed E-state index contributed by atoms with van der Waals surface area (Å²) in [6, 6.07) is 6.34. The summed E-state index contributed by atoms with van der Waals surface area (Å²) in [6.45, 7) is 0. The highest BCUT2D eigenvalue weighted by Crippen LogP contribution is 2.03. The van der Waals surface area contributed by atoms with Gasteiger partial charge in [0.25, 0.3) is 0 Å². The Morgan fingerprint density at radius 3 is 1.77 bits per heavy atom. The first-order chi connectivity index (χ1) is 6.11. The van der Waals surface area contributed by atoms with Crippen molar-refractivity contribution in [3.05, 3.63) is 29.3 Å². The van der Waals surface area contributed by atoms with E-state index in [1.165, 1.54) is 0 Å².